The molecule has 0 aliphatic heterocycles. The lowest BCUT2D eigenvalue weighted by molar-refractivity contribution is -0.929. The van der Waals surface area contributed by atoms with Gasteiger partial charge in [0.05, 0.1) is 38.0 Å². The number of hydrogen-bond acceptors (Lipinski definition) is 4. The van der Waals surface area contributed by atoms with E-state index in [-0.39, 0.29) is 0 Å². The van der Waals surface area contributed by atoms with Crippen LogP contribution in [0.2, 0.25) is 0 Å². The maximum Gasteiger partial charge on any atom is 0.306 e. The third kappa shape index (κ3) is 18.1. The standard InChI is InChI=1S/C30H55NO6/c1-5-6-7-8-9-10-11-12-13-14-15-16-17-21-31(22-18-25(2)28(32)33,23-19-26(3)29(34)35)24-20-27(4)30(36)37/h6-7,25-27H,5,8-24H2,1-4H3,(H2-,32,33,34,35,36,37)/b7-6+. The first-order chi connectivity index (χ1) is 17.5. The van der Waals surface area contributed by atoms with Gasteiger partial charge in [0.25, 0.3) is 0 Å². The molecule has 0 aromatic carbocycles. The minimum absolute atomic E-state index is 0.444. The van der Waals surface area contributed by atoms with Crippen LogP contribution in [0.5, 0.6) is 0 Å². The van der Waals surface area contributed by atoms with Crippen molar-refractivity contribution in [3.05, 3.63) is 12.2 Å². The van der Waals surface area contributed by atoms with Gasteiger partial charge in [-0.15, -0.1) is 0 Å². The molecule has 0 rings (SSSR count). The SMILES string of the molecule is CC/C=C/CCCCCCCCCCC[N+](CCC(C)C(=O)[O-])(CCC(C)C(=O)O)CCC(C)C(=O)O. The number of carbonyl (C=O) groups excluding carboxylic acids is 1. The Kier molecular flexibility index (Phi) is 20.0. The summed E-state index contributed by atoms with van der Waals surface area (Å²) in [6, 6.07) is 0. The van der Waals surface area contributed by atoms with E-state index in [4.69, 9.17) is 0 Å². The zero-order valence-corrected chi connectivity index (χ0v) is 24.1. The third-order valence-corrected chi connectivity index (χ3v) is 7.76. The Balaban J connectivity index is 4.84. The van der Waals surface area contributed by atoms with E-state index < -0.39 is 35.7 Å². The van der Waals surface area contributed by atoms with Crippen molar-refractivity contribution < 1.29 is 34.2 Å². The molecule has 0 heterocycles. The fourth-order valence-electron chi connectivity index (χ4n) is 4.67. The molecule has 2 N–H and O–H groups in total. The number of carboxylic acid groups (broad SMARTS) is 3. The van der Waals surface area contributed by atoms with Gasteiger partial charge in [0, 0.05) is 31.1 Å². The van der Waals surface area contributed by atoms with Crippen LogP contribution in [-0.4, -0.2) is 58.8 Å². The molecule has 0 amide bonds. The zero-order chi connectivity index (χ0) is 28.1. The van der Waals surface area contributed by atoms with E-state index in [2.05, 4.69) is 19.1 Å². The predicted molar refractivity (Wildman–Crippen MR) is 147 cm³/mol. The van der Waals surface area contributed by atoms with Crippen molar-refractivity contribution in [2.75, 3.05) is 26.2 Å². The number of carbonyl (C=O) groups is 3. The lowest BCUT2D eigenvalue weighted by Gasteiger charge is -2.41. The van der Waals surface area contributed by atoms with Gasteiger partial charge in [0.15, 0.2) is 0 Å². The first-order valence-electron chi connectivity index (χ1n) is 14.7. The number of allylic oxidation sites excluding steroid dienone is 2. The molecular weight excluding hydrogens is 470 g/mol. The summed E-state index contributed by atoms with van der Waals surface area (Å²) < 4.78 is 0.583. The van der Waals surface area contributed by atoms with E-state index in [1.54, 1.807) is 20.8 Å². The summed E-state index contributed by atoms with van der Waals surface area (Å²) in [5.74, 6) is -4.32. The van der Waals surface area contributed by atoms with Crippen molar-refractivity contribution in [2.45, 2.75) is 118 Å². The second-order valence-corrected chi connectivity index (χ2v) is 11.2. The van der Waals surface area contributed by atoms with Gasteiger partial charge < -0.3 is 24.6 Å². The fraction of sp³-hybridized carbons (Fsp3) is 0.833. The minimum atomic E-state index is -1.08. The van der Waals surface area contributed by atoms with Crippen molar-refractivity contribution in [3.63, 3.8) is 0 Å². The lowest BCUT2D eigenvalue weighted by Crippen LogP contribution is -2.52. The normalized spacial score (nSPS) is 15.8. The Labute approximate surface area is 225 Å². The first-order valence-corrected chi connectivity index (χ1v) is 14.7. The van der Waals surface area contributed by atoms with Gasteiger partial charge >= 0.3 is 11.9 Å². The zero-order valence-electron chi connectivity index (χ0n) is 24.1. The topological polar surface area (TPSA) is 115 Å². The van der Waals surface area contributed by atoms with E-state index >= 15 is 0 Å². The minimum Gasteiger partial charge on any atom is -0.550 e. The Bertz CT molecular complexity index is 603. The summed E-state index contributed by atoms with van der Waals surface area (Å²) in [5.41, 5.74) is 0. The summed E-state index contributed by atoms with van der Waals surface area (Å²) in [5, 5.41) is 30.1. The van der Waals surface area contributed by atoms with Crippen molar-refractivity contribution in [3.8, 4) is 0 Å². The van der Waals surface area contributed by atoms with Crippen molar-refractivity contribution >= 4 is 17.9 Å². The van der Waals surface area contributed by atoms with E-state index in [9.17, 15) is 29.7 Å². The highest BCUT2D eigenvalue weighted by atomic mass is 16.4. The van der Waals surface area contributed by atoms with Crippen LogP contribution < -0.4 is 5.11 Å². The molecule has 216 valence electrons. The molecule has 7 nitrogen and oxygen atoms in total. The molecule has 0 spiro atoms. The lowest BCUT2D eigenvalue weighted by atomic mass is 10.0. The largest absolute Gasteiger partial charge is 0.550 e. The van der Waals surface area contributed by atoms with E-state index in [1.807, 2.05) is 0 Å². The third-order valence-electron chi connectivity index (χ3n) is 7.76. The number of quaternary nitrogens is 1. The van der Waals surface area contributed by atoms with Gasteiger partial charge in [-0.2, -0.15) is 0 Å². The quantitative estimate of drug-likeness (QED) is 0.0902. The van der Waals surface area contributed by atoms with Crippen molar-refractivity contribution in [2.24, 2.45) is 17.8 Å². The number of nitrogens with zero attached hydrogens (tertiary/aromatic N) is 1. The van der Waals surface area contributed by atoms with Crippen LogP contribution in [0, 0.1) is 17.8 Å². The highest BCUT2D eigenvalue weighted by Crippen LogP contribution is 2.22. The van der Waals surface area contributed by atoms with Gasteiger partial charge in [-0.25, -0.2) is 0 Å². The first kappa shape index (κ1) is 35.1. The van der Waals surface area contributed by atoms with Gasteiger partial charge in [-0.3, -0.25) is 9.59 Å². The summed E-state index contributed by atoms with van der Waals surface area (Å²) >= 11 is 0. The van der Waals surface area contributed by atoms with E-state index in [1.165, 1.54) is 44.9 Å². The molecule has 0 aromatic rings. The van der Waals surface area contributed by atoms with Crippen LogP contribution in [-0.2, 0) is 14.4 Å². The molecule has 0 aliphatic rings. The smallest absolute Gasteiger partial charge is 0.306 e. The van der Waals surface area contributed by atoms with Gasteiger partial charge in [0.2, 0.25) is 0 Å². The summed E-state index contributed by atoms with van der Waals surface area (Å²) in [7, 11) is 0. The molecule has 0 aromatic heterocycles. The van der Waals surface area contributed by atoms with Crippen LogP contribution in [0.25, 0.3) is 0 Å². The highest BCUT2D eigenvalue weighted by Gasteiger charge is 2.30. The molecular formula is C30H55NO6. The average molecular weight is 526 g/mol. The molecule has 3 atom stereocenters. The van der Waals surface area contributed by atoms with Crippen molar-refractivity contribution in [1.29, 1.82) is 0 Å². The van der Waals surface area contributed by atoms with Gasteiger partial charge in [-0.05, 0) is 32.1 Å². The molecule has 7 heteroatoms. The molecule has 3 unspecified atom stereocenters. The Morgan fingerprint density at radius 2 is 1.05 bits per heavy atom. The maximum absolute atomic E-state index is 11.4. The molecule has 0 bridgehead atoms. The molecule has 37 heavy (non-hydrogen) atoms. The van der Waals surface area contributed by atoms with Crippen LogP contribution in [0.1, 0.15) is 118 Å². The Morgan fingerprint density at radius 1 is 0.649 bits per heavy atom. The number of carboxylic acids is 3. The number of unbranched alkanes of at least 4 members (excludes halogenated alkanes) is 9. The monoisotopic (exact) mass is 525 g/mol. The second-order valence-electron chi connectivity index (χ2n) is 11.2. The molecule has 0 radical (unpaired) electrons. The van der Waals surface area contributed by atoms with Crippen LogP contribution in [0.3, 0.4) is 0 Å². The molecule has 0 saturated carbocycles. The second kappa shape index (κ2) is 21.1. The van der Waals surface area contributed by atoms with Crippen molar-refractivity contribution in [1.82, 2.24) is 0 Å². The fourth-order valence-corrected chi connectivity index (χ4v) is 4.67. The summed E-state index contributed by atoms with van der Waals surface area (Å²) in [4.78, 5) is 34.2. The number of aliphatic carboxylic acids is 3. The molecule has 0 fully saturated rings. The van der Waals surface area contributed by atoms with Gasteiger partial charge in [0.1, 0.15) is 0 Å². The maximum atomic E-state index is 11.4. The van der Waals surface area contributed by atoms with E-state index in [0.717, 1.165) is 32.2 Å². The predicted octanol–water partition coefficient (Wildman–Crippen LogP) is 5.67. The number of hydrogen-bond donors (Lipinski definition) is 2. The van der Waals surface area contributed by atoms with Crippen LogP contribution in [0.4, 0.5) is 0 Å². The van der Waals surface area contributed by atoms with E-state index in [0.29, 0.717) is 43.4 Å². The Hall–Kier alpha value is -1.89. The highest BCUT2D eigenvalue weighted by molar-refractivity contribution is 5.69. The average Bonchev–Trinajstić information content (AvgIpc) is 2.86. The van der Waals surface area contributed by atoms with Gasteiger partial charge in [-0.1, -0.05) is 78.4 Å². The summed E-state index contributed by atoms with van der Waals surface area (Å²) in [6.07, 6.45) is 19.1. The molecule has 0 saturated heterocycles. The Morgan fingerprint density at radius 3 is 1.46 bits per heavy atom. The van der Waals surface area contributed by atoms with Crippen LogP contribution in [0.15, 0.2) is 12.2 Å². The van der Waals surface area contributed by atoms with Crippen LogP contribution >= 0.6 is 0 Å². The number of rotatable bonds is 25. The molecule has 0 aliphatic carbocycles. The summed E-state index contributed by atoms with van der Waals surface area (Å²) in [6.45, 7) is 9.86.